The van der Waals surface area contributed by atoms with Gasteiger partial charge in [-0.05, 0) is 47.6 Å². The highest BCUT2D eigenvalue weighted by atomic mass is 127. The molecule has 5 unspecified atom stereocenters. The van der Waals surface area contributed by atoms with E-state index in [1.54, 1.807) is 22.6 Å². The summed E-state index contributed by atoms with van der Waals surface area (Å²) >= 11 is 1.63. The second-order valence-corrected chi connectivity index (χ2v) is 17.0. The molecule has 44 heavy (non-hydrogen) atoms. The van der Waals surface area contributed by atoms with Crippen molar-refractivity contribution in [2.45, 2.75) is 57.0 Å². The SMILES string of the molecule is CCCCC1O[C@@H]2[C@H](O1)[C@H](n1ccc(=O)[nH]c1=O)O[C@@H]2COP(=O)(O)OP(=O)(O)OP(=O)(O)OP(=O)(O)c1ccccc1I. The molecule has 2 saturated heterocycles. The maximum atomic E-state index is 12.5. The first-order valence-electron chi connectivity index (χ1n) is 12.5. The van der Waals surface area contributed by atoms with Crippen molar-refractivity contribution in [1.82, 2.24) is 9.55 Å². The Kier molecular flexibility index (Phi) is 11.5. The number of hydrogen-bond donors (Lipinski definition) is 5. The number of ether oxygens (including phenoxy) is 3. The molecule has 3 heterocycles. The van der Waals surface area contributed by atoms with Crippen molar-refractivity contribution >= 4 is 59.0 Å². The van der Waals surface area contributed by atoms with Gasteiger partial charge in [0, 0.05) is 15.8 Å². The predicted octanol–water partition coefficient (Wildman–Crippen LogP) is 2.22. The Morgan fingerprint density at radius 3 is 2.20 bits per heavy atom. The Morgan fingerprint density at radius 1 is 0.909 bits per heavy atom. The van der Waals surface area contributed by atoms with Crippen LogP contribution >= 0.6 is 53.7 Å². The zero-order valence-corrected chi connectivity index (χ0v) is 28.1. The van der Waals surface area contributed by atoms with Crippen molar-refractivity contribution in [3.05, 3.63) is 60.9 Å². The molecule has 0 spiro atoms. The van der Waals surface area contributed by atoms with Crippen LogP contribution in [-0.4, -0.2) is 60.3 Å². The predicted molar refractivity (Wildman–Crippen MR) is 156 cm³/mol. The van der Waals surface area contributed by atoms with E-state index in [-0.39, 0.29) is 3.57 Å². The molecule has 2 aromatic rings. The number of aromatic amines is 1. The third-order valence-corrected chi connectivity index (χ3v) is 13.9. The molecule has 0 amide bonds. The van der Waals surface area contributed by atoms with E-state index in [1.807, 2.05) is 6.92 Å². The van der Waals surface area contributed by atoms with Crippen LogP contribution in [0, 0.1) is 3.57 Å². The lowest BCUT2D eigenvalue weighted by Gasteiger charge is -2.22. The van der Waals surface area contributed by atoms with Crippen LogP contribution in [-0.2, 0) is 49.9 Å². The first kappa shape index (κ1) is 36.0. The molecule has 0 bridgehead atoms. The van der Waals surface area contributed by atoms with Gasteiger partial charge in [-0.25, -0.2) is 22.8 Å². The molecule has 24 heteroatoms. The van der Waals surface area contributed by atoms with Crippen molar-refractivity contribution in [2.24, 2.45) is 0 Å². The number of H-pyrrole nitrogens is 1. The summed E-state index contributed by atoms with van der Waals surface area (Å²) in [5.74, 6) is 0. The number of nitrogens with one attached hydrogen (secondary N) is 1. The standard InChI is InChI=1S/C20H27IN2O17P4/c1-2-3-8-16-36-17-13(35-19(18(17)37-16)23-10-9-15(24)22-20(23)25)11-34-42(28,29)39-44(32,33)40-43(30,31)38-41(26,27)14-7-5-4-6-12(14)21/h4-7,9-10,13,16-19H,2-3,8,11H2,1H3,(H,26,27)(H,28,29)(H,30,31)(H,32,33)(H,22,24,25)/t13-,16?,17+,18+,19-/m1/s1. The molecule has 4 rings (SSSR count). The van der Waals surface area contributed by atoms with Crippen LogP contribution in [0.5, 0.6) is 0 Å². The average Bonchev–Trinajstić information content (AvgIpc) is 3.43. The van der Waals surface area contributed by atoms with Crippen LogP contribution in [0.1, 0.15) is 32.4 Å². The maximum absolute atomic E-state index is 12.5. The number of phosphoric ester groups is 1. The first-order chi connectivity index (χ1) is 20.4. The van der Waals surface area contributed by atoms with Gasteiger partial charge in [0.1, 0.15) is 18.3 Å². The van der Waals surface area contributed by atoms with Crippen LogP contribution in [0.4, 0.5) is 0 Å². The van der Waals surface area contributed by atoms with E-state index >= 15 is 0 Å². The van der Waals surface area contributed by atoms with E-state index in [4.69, 9.17) is 18.7 Å². The summed E-state index contributed by atoms with van der Waals surface area (Å²) in [5.41, 5.74) is -1.52. The first-order valence-corrected chi connectivity index (χ1v) is 19.7. The summed E-state index contributed by atoms with van der Waals surface area (Å²) in [6, 6.07) is 6.33. The van der Waals surface area contributed by atoms with Gasteiger partial charge in [-0.1, -0.05) is 25.5 Å². The fraction of sp³-hybridized carbons (Fsp3) is 0.500. The Balaban J connectivity index is 1.43. The van der Waals surface area contributed by atoms with Crippen molar-refractivity contribution in [1.29, 1.82) is 0 Å². The monoisotopic (exact) mass is 818 g/mol. The fourth-order valence-electron chi connectivity index (χ4n) is 4.24. The smallest absolute Gasteiger partial charge is 0.346 e. The van der Waals surface area contributed by atoms with Crippen LogP contribution < -0.4 is 16.6 Å². The van der Waals surface area contributed by atoms with Crippen LogP contribution in [0.3, 0.4) is 0 Å². The van der Waals surface area contributed by atoms with E-state index in [0.29, 0.717) is 6.42 Å². The summed E-state index contributed by atoms with van der Waals surface area (Å²) in [5, 5.41) is -0.435. The van der Waals surface area contributed by atoms with Gasteiger partial charge in [-0.15, -0.1) is 0 Å². The highest BCUT2D eigenvalue weighted by Crippen LogP contribution is 2.71. The summed E-state index contributed by atoms with van der Waals surface area (Å²) in [7, 11) is -22.6. The lowest BCUT2D eigenvalue weighted by atomic mass is 10.1. The lowest BCUT2D eigenvalue weighted by Crippen LogP contribution is -2.36. The number of benzene rings is 1. The highest BCUT2D eigenvalue weighted by molar-refractivity contribution is 14.1. The molecule has 5 N–H and O–H groups in total. The number of halogens is 1. The molecule has 246 valence electrons. The summed E-state index contributed by atoms with van der Waals surface area (Å²) in [6.07, 6.45) is -1.95. The Hall–Kier alpha value is -0.890. The van der Waals surface area contributed by atoms with Gasteiger partial charge in [0.25, 0.3) is 5.56 Å². The number of nitrogens with zero attached hydrogens (tertiary/aromatic N) is 1. The second-order valence-electron chi connectivity index (χ2n) is 9.27. The number of phosphoric acid groups is 3. The van der Waals surface area contributed by atoms with Crippen LogP contribution in [0.15, 0.2) is 46.1 Å². The van der Waals surface area contributed by atoms with Crippen molar-refractivity contribution < 1.29 is 69.5 Å². The summed E-state index contributed by atoms with van der Waals surface area (Å²) in [4.78, 5) is 65.9. The third-order valence-electron chi connectivity index (χ3n) is 6.01. The minimum absolute atomic E-state index is 0.144. The van der Waals surface area contributed by atoms with Gasteiger partial charge >= 0.3 is 36.8 Å². The van der Waals surface area contributed by atoms with Gasteiger partial charge in [-0.2, -0.15) is 8.62 Å². The fourth-order valence-corrected chi connectivity index (χ4v) is 11.0. The quantitative estimate of drug-likeness (QED) is 0.135. The lowest BCUT2D eigenvalue weighted by molar-refractivity contribution is -0.153. The van der Waals surface area contributed by atoms with Crippen molar-refractivity contribution in [3.8, 4) is 0 Å². The number of aromatic nitrogens is 2. The minimum atomic E-state index is -5.99. The van der Waals surface area contributed by atoms with Crippen molar-refractivity contribution in [3.63, 3.8) is 0 Å². The van der Waals surface area contributed by atoms with E-state index in [0.717, 1.165) is 35.7 Å². The van der Waals surface area contributed by atoms with Crippen LogP contribution in [0.25, 0.3) is 0 Å². The maximum Gasteiger partial charge on any atom is 0.490 e. The molecule has 2 aliphatic rings. The summed E-state index contributed by atoms with van der Waals surface area (Å²) < 4.78 is 85.2. The van der Waals surface area contributed by atoms with Gasteiger partial charge < -0.3 is 33.8 Å². The Labute approximate surface area is 261 Å². The molecule has 0 radical (unpaired) electrons. The molecule has 2 aliphatic heterocycles. The van der Waals surface area contributed by atoms with Gasteiger partial charge in [0.05, 0.1) is 11.9 Å². The van der Waals surface area contributed by atoms with E-state index in [1.165, 1.54) is 18.2 Å². The van der Waals surface area contributed by atoms with Crippen LogP contribution in [0.2, 0.25) is 0 Å². The van der Waals surface area contributed by atoms with Gasteiger partial charge in [0.2, 0.25) is 0 Å². The molecular formula is C20H27IN2O17P4. The van der Waals surface area contributed by atoms with E-state index in [2.05, 4.69) is 17.9 Å². The minimum Gasteiger partial charge on any atom is -0.346 e. The van der Waals surface area contributed by atoms with Gasteiger partial charge in [0.15, 0.2) is 12.5 Å². The zero-order valence-electron chi connectivity index (χ0n) is 22.4. The number of hydrogen-bond acceptors (Lipinski definition) is 13. The number of rotatable bonds is 14. The van der Waals surface area contributed by atoms with Gasteiger partial charge in [-0.3, -0.25) is 23.4 Å². The summed E-state index contributed by atoms with van der Waals surface area (Å²) in [6.45, 7) is 1.08. The third kappa shape index (κ3) is 9.13. The molecule has 2 fully saturated rings. The molecule has 0 saturated carbocycles. The molecule has 0 aliphatic carbocycles. The Bertz CT molecular complexity index is 1670. The highest BCUT2D eigenvalue weighted by Gasteiger charge is 2.54. The van der Waals surface area contributed by atoms with E-state index in [9.17, 15) is 47.4 Å². The zero-order chi connectivity index (χ0) is 32.5. The molecule has 19 nitrogen and oxygen atoms in total. The number of fused-ring (bicyclic) bond motifs is 1. The molecule has 9 atom stereocenters. The normalized spacial score (nSPS) is 28.8. The van der Waals surface area contributed by atoms with Crippen molar-refractivity contribution in [2.75, 3.05) is 6.61 Å². The number of unbranched alkanes of at least 4 members (excludes halogenated alkanes) is 1. The second kappa shape index (κ2) is 14.1. The molecular weight excluding hydrogens is 791 g/mol. The largest absolute Gasteiger partial charge is 0.490 e. The molecule has 1 aromatic heterocycles. The molecule has 1 aromatic carbocycles. The van der Waals surface area contributed by atoms with E-state index < -0.39 is 85.1 Å². The average molecular weight is 818 g/mol. The Morgan fingerprint density at radius 2 is 1.55 bits per heavy atom. The topological polar surface area (TPSA) is 269 Å².